The van der Waals surface area contributed by atoms with Crippen LogP contribution < -0.4 is 0 Å². The molecule has 20 heavy (non-hydrogen) atoms. The van der Waals surface area contributed by atoms with Crippen molar-refractivity contribution in [2.75, 3.05) is 13.2 Å². The number of carboxylic acid groups (broad SMARTS) is 1. The quantitative estimate of drug-likeness (QED) is 0.843. The SMILES string of the molecule is CC1CC(S(=O)(=O)N2CCC[C@H](C(=O)O)[C@@H]2C)CCO1. The van der Waals surface area contributed by atoms with Crippen LogP contribution >= 0.6 is 0 Å². The number of sulfonamides is 1. The summed E-state index contributed by atoms with van der Waals surface area (Å²) in [5.41, 5.74) is 0. The standard InChI is InChI=1S/C13H23NO5S/c1-9-8-11(5-7-19-9)20(17,18)14-6-3-4-12(10(14)2)13(15)16/h9-12H,3-8H2,1-2H3,(H,15,16)/t9?,10-,11?,12-/m0/s1. The molecule has 2 heterocycles. The molecule has 0 aromatic heterocycles. The van der Waals surface area contributed by atoms with E-state index in [-0.39, 0.29) is 6.10 Å². The molecular formula is C13H23NO5S. The van der Waals surface area contributed by atoms with Crippen molar-refractivity contribution in [3.63, 3.8) is 0 Å². The summed E-state index contributed by atoms with van der Waals surface area (Å²) < 4.78 is 32.3. The smallest absolute Gasteiger partial charge is 0.308 e. The monoisotopic (exact) mass is 305 g/mol. The normalized spacial score (nSPS) is 36.7. The number of nitrogens with zero attached hydrogens (tertiary/aromatic N) is 1. The van der Waals surface area contributed by atoms with Crippen LogP contribution in [0.1, 0.15) is 39.5 Å². The summed E-state index contributed by atoms with van der Waals surface area (Å²) in [6.45, 7) is 4.47. The van der Waals surface area contributed by atoms with Crippen LogP contribution in [0.5, 0.6) is 0 Å². The van der Waals surface area contributed by atoms with Crippen molar-refractivity contribution < 1.29 is 23.1 Å². The van der Waals surface area contributed by atoms with Crippen LogP contribution in [0.2, 0.25) is 0 Å². The van der Waals surface area contributed by atoms with E-state index < -0.39 is 33.2 Å². The maximum atomic E-state index is 12.7. The van der Waals surface area contributed by atoms with E-state index >= 15 is 0 Å². The van der Waals surface area contributed by atoms with E-state index in [4.69, 9.17) is 4.74 Å². The third kappa shape index (κ3) is 2.99. The number of carbonyl (C=O) groups is 1. The molecule has 6 nitrogen and oxygen atoms in total. The number of hydrogen-bond donors (Lipinski definition) is 1. The van der Waals surface area contributed by atoms with Crippen LogP contribution in [-0.4, -0.2) is 54.3 Å². The summed E-state index contributed by atoms with van der Waals surface area (Å²) in [6.07, 6.45) is 2.09. The summed E-state index contributed by atoms with van der Waals surface area (Å²) >= 11 is 0. The van der Waals surface area contributed by atoms with Crippen LogP contribution in [0.3, 0.4) is 0 Å². The first-order valence-electron chi connectivity index (χ1n) is 7.19. The number of carboxylic acids is 1. The highest BCUT2D eigenvalue weighted by Gasteiger charge is 2.43. The Balaban J connectivity index is 2.17. The zero-order chi connectivity index (χ0) is 14.9. The van der Waals surface area contributed by atoms with Gasteiger partial charge >= 0.3 is 5.97 Å². The molecule has 0 saturated carbocycles. The van der Waals surface area contributed by atoms with Gasteiger partial charge in [-0.05, 0) is 39.5 Å². The number of ether oxygens (including phenoxy) is 1. The lowest BCUT2D eigenvalue weighted by Gasteiger charge is -2.39. The number of hydrogen-bond acceptors (Lipinski definition) is 4. The van der Waals surface area contributed by atoms with Gasteiger partial charge in [0.25, 0.3) is 0 Å². The molecule has 0 bridgehead atoms. The molecule has 116 valence electrons. The zero-order valence-electron chi connectivity index (χ0n) is 12.0. The highest BCUT2D eigenvalue weighted by Crippen LogP contribution is 2.31. The van der Waals surface area contributed by atoms with Gasteiger partial charge in [0, 0.05) is 19.2 Å². The van der Waals surface area contributed by atoms with Crippen molar-refractivity contribution in [2.45, 2.75) is 56.9 Å². The predicted molar refractivity (Wildman–Crippen MR) is 73.9 cm³/mol. The summed E-state index contributed by atoms with van der Waals surface area (Å²) in [4.78, 5) is 11.2. The number of piperidine rings is 1. The molecule has 2 saturated heterocycles. The van der Waals surface area contributed by atoms with Crippen molar-refractivity contribution in [1.29, 1.82) is 0 Å². The molecule has 4 atom stereocenters. The molecule has 7 heteroatoms. The lowest BCUT2D eigenvalue weighted by atomic mass is 9.92. The molecule has 2 fully saturated rings. The van der Waals surface area contributed by atoms with E-state index in [1.807, 2.05) is 6.92 Å². The van der Waals surface area contributed by atoms with Gasteiger partial charge in [0.2, 0.25) is 10.0 Å². The Morgan fingerprint density at radius 2 is 2.00 bits per heavy atom. The fourth-order valence-electron chi connectivity index (χ4n) is 3.22. The van der Waals surface area contributed by atoms with Gasteiger partial charge in [0.15, 0.2) is 0 Å². The first-order chi connectivity index (χ1) is 9.34. The van der Waals surface area contributed by atoms with Gasteiger partial charge in [-0.1, -0.05) is 0 Å². The minimum atomic E-state index is -3.44. The van der Waals surface area contributed by atoms with Gasteiger partial charge in [0.05, 0.1) is 17.3 Å². The molecule has 2 rings (SSSR count). The molecule has 2 aliphatic rings. The van der Waals surface area contributed by atoms with Crippen molar-refractivity contribution in [3.05, 3.63) is 0 Å². The second kappa shape index (κ2) is 5.99. The Morgan fingerprint density at radius 1 is 1.30 bits per heavy atom. The molecule has 0 radical (unpaired) electrons. The zero-order valence-corrected chi connectivity index (χ0v) is 12.8. The average molecular weight is 305 g/mol. The van der Waals surface area contributed by atoms with Gasteiger partial charge < -0.3 is 9.84 Å². The summed E-state index contributed by atoms with van der Waals surface area (Å²) in [7, 11) is -3.44. The van der Waals surface area contributed by atoms with Gasteiger partial charge in [-0.15, -0.1) is 0 Å². The Morgan fingerprint density at radius 3 is 2.60 bits per heavy atom. The minimum Gasteiger partial charge on any atom is -0.481 e. The fourth-order valence-corrected chi connectivity index (χ4v) is 5.51. The van der Waals surface area contributed by atoms with Crippen molar-refractivity contribution in [1.82, 2.24) is 4.31 Å². The van der Waals surface area contributed by atoms with E-state index in [0.717, 1.165) is 0 Å². The molecule has 0 amide bonds. The van der Waals surface area contributed by atoms with Gasteiger partial charge in [-0.3, -0.25) is 4.79 Å². The van der Waals surface area contributed by atoms with Crippen LogP contribution in [0.4, 0.5) is 0 Å². The predicted octanol–water partition coefficient (Wildman–Crippen LogP) is 1.07. The maximum Gasteiger partial charge on any atom is 0.308 e. The third-order valence-electron chi connectivity index (χ3n) is 4.43. The average Bonchev–Trinajstić information content (AvgIpc) is 2.38. The lowest BCUT2D eigenvalue weighted by molar-refractivity contribution is -0.144. The van der Waals surface area contributed by atoms with E-state index in [0.29, 0.717) is 38.8 Å². The van der Waals surface area contributed by atoms with Gasteiger partial charge in [0.1, 0.15) is 0 Å². The Bertz CT molecular complexity index is 463. The number of aliphatic carboxylic acids is 1. The highest BCUT2D eigenvalue weighted by molar-refractivity contribution is 7.89. The van der Waals surface area contributed by atoms with Crippen molar-refractivity contribution >= 4 is 16.0 Å². The first-order valence-corrected chi connectivity index (χ1v) is 8.69. The fraction of sp³-hybridized carbons (Fsp3) is 0.923. The van der Waals surface area contributed by atoms with Crippen LogP contribution in [0.15, 0.2) is 0 Å². The third-order valence-corrected chi connectivity index (χ3v) is 6.87. The molecule has 0 aromatic carbocycles. The molecular weight excluding hydrogens is 282 g/mol. The highest BCUT2D eigenvalue weighted by atomic mass is 32.2. The van der Waals surface area contributed by atoms with Crippen molar-refractivity contribution in [2.24, 2.45) is 5.92 Å². The second-order valence-electron chi connectivity index (χ2n) is 5.81. The van der Waals surface area contributed by atoms with Crippen molar-refractivity contribution in [3.8, 4) is 0 Å². The molecule has 0 aromatic rings. The van der Waals surface area contributed by atoms with Gasteiger partial charge in [-0.25, -0.2) is 8.42 Å². The van der Waals surface area contributed by atoms with E-state index in [1.54, 1.807) is 6.92 Å². The topological polar surface area (TPSA) is 83.9 Å². The molecule has 2 unspecified atom stereocenters. The molecule has 1 N–H and O–H groups in total. The van der Waals surface area contributed by atoms with Gasteiger partial charge in [-0.2, -0.15) is 4.31 Å². The second-order valence-corrected chi connectivity index (χ2v) is 7.98. The summed E-state index contributed by atoms with van der Waals surface area (Å²) in [5, 5.41) is 8.76. The van der Waals surface area contributed by atoms with Crippen LogP contribution in [0, 0.1) is 5.92 Å². The van der Waals surface area contributed by atoms with Crippen LogP contribution in [-0.2, 0) is 19.6 Å². The molecule has 2 aliphatic heterocycles. The maximum absolute atomic E-state index is 12.7. The summed E-state index contributed by atoms with van der Waals surface area (Å²) in [5.74, 6) is -1.51. The Labute approximate surface area is 120 Å². The van der Waals surface area contributed by atoms with E-state index in [2.05, 4.69) is 0 Å². The largest absolute Gasteiger partial charge is 0.481 e. The lowest BCUT2D eigenvalue weighted by Crippen LogP contribution is -2.53. The van der Waals surface area contributed by atoms with E-state index in [1.165, 1.54) is 4.31 Å². The van der Waals surface area contributed by atoms with E-state index in [9.17, 15) is 18.3 Å². The number of rotatable bonds is 3. The Hall–Kier alpha value is -0.660. The Kier molecular flexibility index (Phi) is 4.71. The first kappa shape index (κ1) is 15.7. The summed E-state index contributed by atoms with van der Waals surface area (Å²) in [6, 6.07) is -0.468. The van der Waals surface area contributed by atoms with Crippen LogP contribution in [0.25, 0.3) is 0 Å². The minimum absolute atomic E-state index is 0.0566. The molecule has 0 spiro atoms. The molecule has 0 aliphatic carbocycles.